The molecule has 3 aromatic rings. The Labute approximate surface area is 209 Å². The van der Waals surface area contributed by atoms with Crippen LogP contribution in [0.15, 0.2) is 84.9 Å². The van der Waals surface area contributed by atoms with Gasteiger partial charge < -0.3 is 15.1 Å². The van der Waals surface area contributed by atoms with Crippen molar-refractivity contribution in [2.45, 2.75) is 24.3 Å². The van der Waals surface area contributed by atoms with E-state index in [0.717, 1.165) is 11.1 Å². The lowest BCUT2D eigenvalue weighted by Crippen LogP contribution is -2.48. The van der Waals surface area contributed by atoms with Gasteiger partial charge in [0.05, 0.1) is 11.5 Å². The van der Waals surface area contributed by atoms with Crippen LogP contribution >= 0.6 is 0 Å². The first-order valence-corrected chi connectivity index (χ1v) is 11.9. The number of amides is 3. The molecular weight excluding hydrogens is 452 g/mol. The third-order valence-electron chi connectivity index (χ3n) is 7.27. The van der Waals surface area contributed by atoms with E-state index < -0.39 is 23.3 Å². The Morgan fingerprint density at radius 2 is 1.69 bits per heavy atom. The number of hydrogen-bond donors (Lipinski definition) is 1. The van der Waals surface area contributed by atoms with E-state index in [4.69, 9.17) is 0 Å². The number of fused-ring (bicyclic) bond motifs is 2. The van der Waals surface area contributed by atoms with Gasteiger partial charge in [-0.3, -0.25) is 14.4 Å². The van der Waals surface area contributed by atoms with Crippen molar-refractivity contribution in [1.29, 1.82) is 5.26 Å². The predicted octanol–water partition coefficient (Wildman–Crippen LogP) is 3.52. The summed E-state index contributed by atoms with van der Waals surface area (Å²) >= 11 is 0. The van der Waals surface area contributed by atoms with Gasteiger partial charge in [0.2, 0.25) is 17.7 Å². The smallest absolute Gasteiger partial charge is 0.239 e. The summed E-state index contributed by atoms with van der Waals surface area (Å²) in [6.07, 6.45) is 0.388. The maximum Gasteiger partial charge on any atom is 0.239 e. The highest BCUT2D eigenvalue weighted by molar-refractivity contribution is 6.10. The van der Waals surface area contributed by atoms with Crippen molar-refractivity contribution >= 4 is 29.1 Å². The Bertz CT molecular complexity index is 1350. The summed E-state index contributed by atoms with van der Waals surface area (Å²) in [5.74, 6) is -2.05. The zero-order valence-corrected chi connectivity index (χ0v) is 19.9. The molecule has 0 radical (unpaired) electrons. The molecule has 2 heterocycles. The average Bonchev–Trinajstić information content (AvgIpc) is 3.45. The molecular formula is C29H26N4O3. The number of anilines is 2. The van der Waals surface area contributed by atoms with Crippen LogP contribution in [0.4, 0.5) is 11.4 Å². The van der Waals surface area contributed by atoms with Crippen molar-refractivity contribution in [3.05, 3.63) is 96.1 Å². The molecule has 0 saturated carbocycles. The number of nitriles is 1. The van der Waals surface area contributed by atoms with Gasteiger partial charge in [0.25, 0.3) is 0 Å². The molecule has 2 aliphatic rings. The third-order valence-corrected chi connectivity index (χ3v) is 7.27. The fourth-order valence-corrected chi connectivity index (χ4v) is 5.33. The number of nitrogens with one attached hydrogen (secondary N) is 1. The molecule has 1 N–H and O–H groups in total. The summed E-state index contributed by atoms with van der Waals surface area (Å²) in [6, 6.07) is 27.3. The third kappa shape index (κ3) is 3.91. The van der Waals surface area contributed by atoms with Crippen molar-refractivity contribution in [1.82, 2.24) is 4.90 Å². The standard InChI is InChI=1S/C29H26N4O3/c1-32(21-12-6-3-7-13-21)26(34)23(16-20-10-4-2-5-11-20)27(35)33-19-29(17-22(33)18-30)24-14-8-9-15-25(24)31-28(29)36/h2-15,22-23H,16-17,19H2,1H3,(H,31,36)/t22-,23?,29-/m0/s1. The molecule has 0 bridgehead atoms. The lowest BCUT2D eigenvalue weighted by Gasteiger charge is -2.29. The van der Waals surface area contributed by atoms with E-state index in [2.05, 4.69) is 11.4 Å². The number of hydrogen-bond acceptors (Lipinski definition) is 4. The second kappa shape index (κ2) is 9.31. The quantitative estimate of drug-likeness (QED) is 0.568. The molecule has 3 amide bonds. The Kier molecular flexibility index (Phi) is 6.03. The highest BCUT2D eigenvalue weighted by atomic mass is 16.2. The Morgan fingerprint density at radius 3 is 2.39 bits per heavy atom. The molecule has 0 aliphatic carbocycles. The van der Waals surface area contributed by atoms with E-state index in [1.807, 2.05) is 84.9 Å². The van der Waals surface area contributed by atoms with Crippen molar-refractivity contribution < 1.29 is 14.4 Å². The molecule has 1 fully saturated rings. The minimum Gasteiger partial charge on any atom is -0.325 e. The number of nitrogens with zero attached hydrogens (tertiary/aromatic N) is 3. The van der Waals surface area contributed by atoms with E-state index in [9.17, 15) is 19.6 Å². The van der Waals surface area contributed by atoms with Crippen molar-refractivity contribution in [3.63, 3.8) is 0 Å². The van der Waals surface area contributed by atoms with Gasteiger partial charge in [-0.05, 0) is 35.7 Å². The zero-order valence-electron chi connectivity index (χ0n) is 19.9. The van der Waals surface area contributed by atoms with Crippen molar-refractivity contribution in [2.75, 3.05) is 23.8 Å². The molecule has 36 heavy (non-hydrogen) atoms. The number of carbonyl (C=O) groups excluding carboxylic acids is 3. The summed E-state index contributed by atoms with van der Waals surface area (Å²) in [5, 5.41) is 12.9. The van der Waals surface area contributed by atoms with E-state index in [1.165, 1.54) is 9.80 Å². The number of benzene rings is 3. The van der Waals surface area contributed by atoms with Gasteiger partial charge in [0.15, 0.2) is 0 Å². The minimum atomic E-state index is -1.04. The minimum absolute atomic E-state index is 0.0561. The van der Waals surface area contributed by atoms with Crippen LogP contribution in [0.1, 0.15) is 17.5 Å². The van der Waals surface area contributed by atoms with Crippen molar-refractivity contribution in [2.24, 2.45) is 5.92 Å². The first-order valence-electron chi connectivity index (χ1n) is 11.9. The molecule has 3 aromatic carbocycles. The Hall–Kier alpha value is -4.44. The summed E-state index contributed by atoms with van der Waals surface area (Å²) in [7, 11) is 1.65. The van der Waals surface area contributed by atoms with Crippen LogP contribution < -0.4 is 10.2 Å². The van der Waals surface area contributed by atoms with E-state index in [-0.39, 0.29) is 31.2 Å². The van der Waals surface area contributed by atoms with E-state index in [1.54, 1.807) is 7.05 Å². The summed E-state index contributed by atoms with van der Waals surface area (Å²) < 4.78 is 0. The van der Waals surface area contributed by atoms with Gasteiger partial charge >= 0.3 is 0 Å². The van der Waals surface area contributed by atoms with E-state index in [0.29, 0.717) is 11.4 Å². The lowest BCUT2D eigenvalue weighted by molar-refractivity contribution is -0.141. The molecule has 2 aliphatic heterocycles. The first-order chi connectivity index (χ1) is 17.4. The number of para-hydroxylation sites is 2. The summed E-state index contributed by atoms with van der Waals surface area (Å²) in [5.41, 5.74) is 2.01. The topological polar surface area (TPSA) is 93.5 Å². The van der Waals surface area contributed by atoms with Crippen LogP contribution in [0.25, 0.3) is 0 Å². The molecule has 0 aromatic heterocycles. The van der Waals surface area contributed by atoms with Gasteiger partial charge in [0.1, 0.15) is 12.0 Å². The van der Waals surface area contributed by atoms with Crippen LogP contribution in [-0.2, 0) is 26.2 Å². The SMILES string of the molecule is CN(C(=O)C(Cc1ccccc1)C(=O)N1C[C@]2(C[C@H]1C#N)C(=O)Nc1ccccc12)c1ccccc1. The molecule has 3 atom stereocenters. The largest absolute Gasteiger partial charge is 0.325 e. The van der Waals surface area contributed by atoms with E-state index >= 15 is 0 Å². The summed E-state index contributed by atoms with van der Waals surface area (Å²) in [4.78, 5) is 43.8. The number of carbonyl (C=O) groups is 3. The van der Waals surface area contributed by atoms with Crippen LogP contribution in [0, 0.1) is 17.2 Å². The molecule has 5 rings (SSSR count). The maximum absolute atomic E-state index is 14.1. The number of likely N-dealkylation sites (tertiary alicyclic amines) is 1. The van der Waals surface area contributed by atoms with Crippen LogP contribution in [0.3, 0.4) is 0 Å². The predicted molar refractivity (Wildman–Crippen MR) is 136 cm³/mol. The number of rotatable bonds is 5. The van der Waals surface area contributed by atoms with Crippen LogP contribution in [0.2, 0.25) is 0 Å². The second-order valence-electron chi connectivity index (χ2n) is 9.37. The van der Waals surface area contributed by atoms with Crippen LogP contribution in [-0.4, -0.2) is 42.3 Å². The normalized spacial score (nSPS) is 20.9. The van der Waals surface area contributed by atoms with Gasteiger partial charge in [-0.2, -0.15) is 5.26 Å². The summed E-state index contributed by atoms with van der Waals surface area (Å²) in [6.45, 7) is 0.0561. The van der Waals surface area contributed by atoms with Gasteiger partial charge in [-0.15, -0.1) is 0 Å². The molecule has 1 saturated heterocycles. The molecule has 7 heteroatoms. The fourth-order valence-electron chi connectivity index (χ4n) is 5.33. The maximum atomic E-state index is 14.1. The molecule has 180 valence electrons. The molecule has 7 nitrogen and oxygen atoms in total. The van der Waals surface area contributed by atoms with Gasteiger partial charge in [0, 0.05) is 31.4 Å². The Morgan fingerprint density at radius 1 is 1.06 bits per heavy atom. The average molecular weight is 479 g/mol. The zero-order chi connectivity index (χ0) is 25.3. The highest BCUT2D eigenvalue weighted by Crippen LogP contribution is 2.46. The highest BCUT2D eigenvalue weighted by Gasteiger charge is 2.56. The van der Waals surface area contributed by atoms with Gasteiger partial charge in [-0.25, -0.2) is 0 Å². The fraction of sp³-hybridized carbons (Fsp3) is 0.241. The second-order valence-corrected chi connectivity index (χ2v) is 9.37. The lowest BCUT2D eigenvalue weighted by atomic mass is 9.80. The van der Waals surface area contributed by atoms with Crippen LogP contribution in [0.5, 0.6) is 0 Å². The van der Waals surface area contributed by atoms with Crippen molar-refractivity contribution in [3.8, 4) is 6.07 Å². The molecule has 1 unspecified atom stereocenters. The molecule has 1 spiro atoms. The van der Waals surface area contributed by atoms with Gasteiger partial charge in [-0.1, -0.05) is 66.7 Å². The first kappa shape index (κ1) is 23.3. The Balaban J connectivity index is 1.49. The monoisotopic (exact) mass is 478 g/mol.